The van der Waals surface area contributed by atoms with Crippen LogP contribution < -0.4 is 0 Å². The largest absolute Gasteiger partial charge is 0.297 e. The molecule has 4 heterocycles. The predicted octanol–water partition coefficient (Wildman–Crippen LogP) is 10.9. The molecule has 0 bridgehead atoms. The minimum Gasteiger partial charge on any atom is -0.297 e. The third kappa shape index (κ3) is 13.7. The van der Waals surface area contributed by atoms with E-state index >= 15 is 0 Å². The summed E-state index contributed by atoms with van der Waals surface area (Å²) in [6, 6.07) is 53.0. The van der Waals surface area contributed by atoms with Crippen molar-refractivity contribution in [1.29, 1.82) is 0 Å². The third-order valence-corrected chi connectivity index (χ3v) is 14.4. The van der Waals surface area contributed by atoms with Gasteiger partial charge in [-0.2, -0.15) is 0 Å². The molecule has 0 aliphatic carbocycles. The number of benzene rings is 6. The second-order valence-corrected chi connectivity index (χ2v) is 19.4. The average Bonchev–Trinajstić information content (AvgIpc) is 4.08. The Hall–Kier alpha value is -6.06. The molecule has 8 aromatic rings. The predicted molar refractivity (Wildman–Crippen MR) is 290 cm³/mol. The number of hydrogen-bond donors (Lipinski definition) is 0. The number of hydrogen-bond acceptors (Lipinski definition) is 10. The maximum absolute atomic E-state index is 6.25. The lowest BCUT2D eigenvalue weighted by Gasteiger charge is -2.38. The van der Waals surface area contributed by atoms with E-state index in [0.29, 0.717) is 33.2 Å². The van der Waals surface area contributed by atoms with Crippen molar-refractivity contribution in [1.82, 2.24) is 60.0 Å². The van der Waals surface area contributed by atoms with Crippen LogP contribution in [0.25, 0.3) is 12.2 Å². The van der Waals surface area contributed by atoms with Gasteiger partial charge in [0.25, 0.3) is 0 Å². The van der Waals surface area contributed by atoms with Crippen molar-refractivity contribution in [3.8, 4) is 0 Å². The van der Waals surface area contributed by atoms with Crippen LogP contribution in [0.1, 0.15) is 57.1 Å². The molecule has 72 heavy (non-hydrogen) atoms. The highest BCUT2D eigenvalue weighted by Crippen LogP contribution is 2.31. The summed E-state index contributed by atoms with van der Waals surface area (Å²) in [5, 5.41) is 27.8. The summed E-state index contributed by atoms with van der Waals surface area (Å²) in [6.45, 7) is 10.6. The summed E-state index contributed by atoms with van der Waals surface area (Å²) >= 11 is 24.7. The molecule has 2 fully saturated rings. The Morgan fingerprint density at radius 1 is 0.417 bits per heavy atom. The van der Waals surface area contributed by atoms with Gasteiger partial charge in [0.05, 0.1) is 45.3 Å². The Bertz CT molecular complexity index is 2770. The zero-order valence-electron chi connectivity index (χ0n) is 39.8. The highest BCUT2D eigenvalue weighted by molar-refractivity contribution is 6.42. The van der Waals surface area contributed by atoms with E-state index in [1.165, 1.54) is 22.3 Å². The molecule has 2 aromatic heterocycles. The number of nitrogens with zero attached hydrogens (tertiary/aromatic N) is 12. The third-order valence-electron chi connectivity index (χ3n) is 13.0. The standard InChI is InChI=1S/2C28H28Cl2N6/c2*29-25-14-13-23(20-26(25)30)21-36-28(31-32-33-36)27(24-11-5-2-6-12-24)35-18-16-34(17-19-35)15-7-10-22-8-3-1-4-9-22/h2*1-14,20,27H,15-19,21H2/b2*10-7+/t2*27-/m10/s1. The first-order chi connectivity index (χ1) is 35.3. The monoisotopic (exact) mass is 1040 g/mol. The lowest BCUT2D eigenvalue weighted by atomic mass is 10.0. The Kier molecular flexibility index (Phi) is 18.0. The highest BCUT2D eigenvalue weighted by atomic mass is 35.5. The van der Waals surface area contributed by atoms with Crippen LogP contribution in [-0.4, -0.2) is 125 Å². The van der Waals surface area contributed by atoms with Gasteiger partial charge in [0.15, 0.2) is 11.6 Å². The van der Waals surface area contributed by atoms with Gasteiger partial charge in [0.1, 0.15) is 0 Å². The lowest BCUT2D eigenvalue weighted by molar-refractivity contribution is 0.113. The van der Waals surface area contributed by atoms with Crippen molar-refractivity contribution < 1.29 is 0 Å². The lowest BCUT2D eigenvalue weighted by Crippen LogP contribution is -2.48. The van der Waals surface area contributed by atoms with Gasteiger partial charge in [-0.3, -0.25) is 19.6 Å². The molecule has 0 amide bonds. The molecule has 2 aliphatic heterocycles. The van der Waals surface area contributed by atoms with Gasteiger partial charge in [0.2, 0.25) is 0 Å². The van der Waals surface area contributed by atoms with E-state index in [9.17, 15) is 0 Å². The fourth-order valence-electron chi connectivity index (χ4n) is 9.19. The molecule has 6 aromatic carbocycles. The van der Waals surface area contributed by atoms with Gasteiger partial charge in [0, 0.05) is 65.4 Å². The molecule has 2 atom stereocenters. The van der Waals surface area contributed by atoms with E-state index in [1.807, 2.05) is 70.0 Å². The van der Waals surface area contributed by atoms with E-state index in [1.54, 1.807) is 0 Å². The summed E-state index contributed by atoms with van der Waals surface area (Å²) in [6.07, 6.45) is 8.88. The molecule has 10 rings (SSSR count). The van der Waals surface area contributed by atoms with Crippen molar-refractivity contribution in [2.24, 2.45) is 0 Å². The maximum Gasteiger partial charge on any atom is 0.173 e. The summed E-state index contributed by atoms with van der Waals surface area (Å²) in [5.74, 6) is 1.65. The summed E-state index contributed by atoms with van der Waals surface area (Å²) in [4.78, 5) is 9.92. The highest BCUT2D eigenvalue weighted by Gasteiger charge is 2.32. The molecular formula is C56H56Cl4N12. The summed E-state index contributed by atoms with van der Waals surface area (Å²) < 4.78 is 3.73. The Balaban J connectivity index is 0.000000178. The van der Waals surface area contributed by atoms with E-state index in [2.05, 4.69) is 172 Å². The zero-order valence-corrected chi connectivity index (χ0v) is 42.9. The fraction of sp³-hybridized carbons (Fsp3) is 0.250. The Morgan fingerprint density at radius 2 is 0.778 bits per heavy atom. The normalized spacial score (nSPS) is 15.9. The van der Waals surface area contributed by atoms with Gasteiger partial charge in [-0.25, -0.2) is 9.36 Å². The second kappa shape index (κ2) is 25.5. The second-order valence-electron chi connectivity index (χ2n) is 17.8. The number of halogens is 4. The van der Waals surface area contributed by atoms with Crippen molar-refractivity contribution in [3.63, 3.8) is 0 Å². The molecule has 0 saturated carbocycles. The van der Waals surface area contributed by atoms with Crippen LogP contribution in [0.15, 0.2) is 170 Å². The van der Waals surface area contributed by atoms with Crippen molar-refractivity contribution in [2.45, 2.75) is 25.2 Å². The molecule has 12 nitrogen and oxygen atoms in total. The molecule has 0 radical (unpaired) electrons. The zero-order chi connectivity index (χ0) is 49.5. The van der Waals surface area contributed by atoms with E-state index in [0.717, 1.165) is 88.2 Å². The van der Waals surface area contributed by atoms with Crippen molar-refractivity contribution in [3.05, 3.63) is 235 Å². The topological polar surface area (TPSA) is 100 Å². The first-order valence-corrected chi connectivity index (χ1v) is 25.7. The smallest absolute Gasteiger partial charge is 0.173 e. The Morgan fingerprint density at radius 3 is 1.14 bits per heavy atom. The van der Waals surface area contributed by atoms with E-state index < -0.39 is 0 Å². The minimum atomic E-state index is -0.0361. The van der Waals surface area contributed by atoms with Gasteiger partial charge in [-0.1, -0.05) is 204 Å². The van der Waals surface area contributed by atoms with Crippen molar-refractivity contribution in [2.75, 3.05) is 65.4 Å². The van der Waals surface area contributed by atoms with Gasteiger partial charge < -0.3 is 0 Å². The van der Waals surface area contributed by atoms with Gasteiger partial charge >= 0.3 is 0 Å². The number of tetrazole rings is 2. The van der Waals surface area contributed by atoms with E-state index in [-0.39, 0.29) is 12.1 Å². The number of piperazine rings is 2. The van der Waals surface area contributed by atoms with Crippen LogP contribution in [0.2, 0.25) is 20.1 Å². The quantitative estimate of drug-likeness (QED) is 0.0930. The van der Waals surface area contributed by atoms with Gasteiger partial charge in [-0.05, 0) is 78.5 Å². The van der Waals surface area contributed by atoms with Crippen LogP contribution in [0.5, 0.6) is 0 Å². The van der Waals surface area contributed by atoms with Crippen LogP contribution >= 0.6 is 46.4 Å². The molecular weight excluding hydrogens is 983 g/mol. The molecule has 0 unspecified atom stereocenters. The minimum absolute atomic E-state index is 0.0361. The molecule has 0 N–H and O–H groups in total. The molecule has 2 saturated heterocycles. The van der Waals surface area contributed by atoms with Gasteiger partial charge in [-0.15, -0.1) is 10.2 Å². The van der Waals surface area contributed by atoms with Crippen LogP contribution in [-0.2, 0) is 13.1 Å². The van der Waals surface area contributed by atoms with Crippen LogP contribution in [0, 0.1) is 0 Å². The summed E-state index contributed by atoms with van der Waals surface area (Å²) in [7, 11) is 0. The fourth-order valence-corrected chi connectivity index (χ4v) is 9.83. The van der Waals surface area contributed by atoms with Crippen molar-refractivity contribution >= 4 is 58.6 Å². The first-order valence-electron chi connectivity index (χ1n) is 24.2. The summed E-state index contributed by atoms with van der Waals surface area (Å²) in [5.41, 5.74) is 6.82. The van der Waals surface area contributed by atoms with Crippen LogP contribution in [0.3, 0.4) is 0 Å². The maximum atomic E-state index is 6.25. The first kappa shape index (κ1) is 50.9. The molecule has 2 aliphatic rings. The number of aromatic nitrogens is 8. The molecule has 16 heteroatoms. The average molecular weight is 1040 g/mol. The SMILES string of the molecule is Clc1ccc(Cn2nnnc2[C@@H](c2ccccc2)N2CCN(C/C=C/c3ccccc3)CC2)cc1Cl.Clc1ccc(Cn2nnnc2[C@H](c2ccccc2)N2CCN(C/C=C/c3ccccc3)CC2)cc1Cl. The van der Waals surface area contributed by atoms with E-state index in [4.69, 9.17) is 46.4 Å². The number of rotatable bonds is 16. The Labute approximate surface area is 441 Å². The van der Waals surface area contributed by atoms with Crippen LogP contribution in [0.4, 0.5) is 0 Å². The molecule has 0 spiro atoms. The molecule has 368 valence electrons.